The summed E-state index contributed by atoms with van der Waals surface area (Å²) in [6.07, 6.45) is 2.86. The number of pyridine rings is 1. The van der Waals surface area contributed by atoms with Crippen molar-refractivity contribution < 1.29 is 14.4 Å². The van der Waals surface area contributed by atoms with Crippen LogP contribution in [0, 0.1) is 11.3 Å². The predicted molar refractivity (Wildman–Crippen MR) is 124 cm³/mol. The molecule has 2 aromatic rings. The third-order valence-electron chi connectivity index (χ3n) is 5.16. The number of nitrogens with zero attached hydrogens (tertiary/aromatic N) is 2. The van der Waals surface area contributed by atoms with Crippen molar-refractivity contribution in [3.8, 4) is 0 Å². The zero-order valence-electron chi connectivity index (χ0n) is 17.9. The molecule has 31 heavy (non-hydrogen) atoms. The van der Waals surface area contributed by atoms with Gasteiger partial charge >= 0.3 is 0 Å². The van der Waals surface area contributed by atoms with Gasteiger partial charge in [0.05, 0.1) is 0 Å². The van der Waals surface area contributed by atoms with Crippen molar-refractivity contribution >= 4 is 45.2 Å². The number of carbonyl (C=O) groups is 3. The zero-order chi connectivity index (χ0) is 22.6. The molecule has 3 rings (SSSR count). The maximum atomic E-state index is 12.7. The van der Waals surface area contributed by atoms with Crippen LogP contribution in [0.15, 0.2) is 47.1 Å². The molecule has 1 saturated heterocycles. The number of amides is 3. The molecule has 0 aliphatic carbocycles. The molecule has 2 N–H and O–H groups in total. The Bertz CT molecular complexity index is 962. The summed E-state index contributed by atoms with van der Waals surface area (Å²) in [6, 6.07) is 10.3. The molecular weight excluding hydrogens is 460 g/mol. The molecular formula is C23H27BrN4O3. The number of likely N-dealkylation sites (tertiary alicyclic amines) is 1. The first-order chi connectivity index (χ1) is 14.6. The van der Waals surface area contributed by atoms with Crippen molar-refractivity contribution in [1.82, 2.24) is 9.88 Å². The molecule has 1 fully saturated rings. The smallest absolute Gasteiger partial charge is 0.256 e. The van der Waals surface area contributed by atoms with Gasteiger partial charge in [0, 0.05) is 46.3 Å². The van der Waals surface area contributed by atoms with E-state index in [1.807, 2.05) is 25.7 Å². The Morgan fingerprint density at radius 3 is 2.39 bits per heavy atom. The van der Waals surface area contributed by atoms with Crippen LogP contribution in [0.4, 0.5) is 11.5 Å². The van der Waals surface area contributed by atoms with E-state index in [1.54, 1.807) is 42.6 Å². The number of halogens is 1. The van der Waals surface area contributed by atoms with Gasteiger partial charge in [0.15, 0.2) is 0 Å². The summed E-state index contributed by atoms with van der Waals surface area (Å²) in [4.78, 5) is 43.6. The van der Waals surface area contributed by atoms with E-state index in [1.165, 1.54) is 0 Å². The molecule has 8 heteroatoms. The van der Waals surface area contributed by atoms with Gasteiger partial charge in [-0.25, -0.2) is 4.98 Å². The molecule has 1 aromatic heterocycles. The van der Waals surface area contributed by atoms with Crippen LogP contribution < -0.4 is 10.6 Å². The van der Waals surface area contributed by atoms with E-state index < -0.39 is 5.41 Å². The van der Waals surface area contributed by atoms with Crippen LogP contribution in [0.2, 0.25) is 0 Å². The lowest BCUT2D eigenvalue weighted by atomic mass is 9.90. The first kappa shape index (κ1) is 22.9. The highest BCUT2D eigenvalue weighted by molar-refractivity contribution is 9.10. The van der Waals surface area contributed by atoms with Gasteiger partial charge in [-0.05, 0) is 59.1 Å². The second kappa shape index (κ2) is 9.60. The van der Waals surface area contributed by atoms with Crippen LogP contribution in [0.5, 0.6) is 0 Å². The molecule has 0 atom stereocenters. The number of hydrogen-bond donors (Lipinski definition) is 2. The van der Waals surface area contributed by atoms with Crippen LogP contribution in [0.25, 0.3) is 0 Å². The second-order valence-electron chi connectivity index (χ2n) is 8.70. The number of carbonyl (C=O) groups excluding carboxylic acids is 3. The molecule has 0 unspecified atom stereocenters. The topological polar surface area (TPSA) is 91.4 Å². The SMILES string of the molecule is CC(C)(C)C(=O)N1CCC(C(=O)Nc2cccc(C(=O)Nc3ccc(Br)cn3)c2)CC1. The Morgan fingerprint density at radius 1 is 1.06 bits per heavy atom. The third-order valence-corrected chi connectivity index (χ3v) is 5.62. The minimum absolute atomic E-state index is 0.0880. The summed E-state index contributed by atoms with van der Waals surface area (Å²) in [5.41, 5.74) is 0.574. The summed E-state index contributed by atoms with van der Waals surface area (Å²) in [7, 11) is 0. The summed E-state index contributed by atoms with van der Waals surface area (Å²) in [5, 5.41) is 5.64. The first-order valence-electron chi connectivity index (χ1n) is 10.3. The fourth-order valence-electron chi connectivity index (χ4n) is 3.44. The number of hydrogen-bond acceptors (Lipinski definition) is 4. The number of aromatic nitrogens is 1. The minimum Gasteiger partial charge on any atom is -0.342 e. The highest BCUT2D eigenvalue weighted by Gasteiger charge is 2.32. The molecule has 2 heterocycles. The first-order valence-corrected chi connectivity index (χ1v) is 11.1. The highest BCUT2D eigenvalue weighted by atomic mass is 79.9. The quantitative estimate of drug-likeness (QED) is 0.672. The monoisotopic (exact) mass is 486 g/mol. The second-order valence-corrected chi connectivity index (χ2v) is 9.62. The molecule has 164 valence electrons. The van der Waals surface area contributed by atoms with Gasteiger partial charge in [-0.1, -0.05) is 26.8 Å². The molecule has 0 radical (unpaired) electrons. The third kappa shape index (κ3) is 6.13. The van der Waals surface area contributed by atoms with Crippen LogP contribution in [0.3, 0.4) is 0 Å². The van der Waals surface area contributed by atoms with Gasteiger partial charge in [-0.15, -0.1) is 0 Å². The van der Waals surface area contributed by atoms with E-state index in [9.17, 15) is 14.4 Å². The van der Waals surface area contributed by atoms with Crippen molar-refractivity contribution in [3.05, 3.63) is 52.6 Å². The standard InChI is InChI=1S/C23H27BrN4O3/c1-23(2,3)22(31)28-11-9-15(10-12-28)20(29)26-18-6-4-5-16(13-18)21(30)27-19-8-7-17(24)14-25-19/h4-8,13-15H,9-12H2,1-3H3,(H,26,29)(H,25,27,30). The van der Waals surface area contributed by atoms with Gasteiger partial charge in [-0.3, -0.25) is 14.4 Å². The molecule has 0 saturated carbocycles. The fraction of sp³-hybridized carbons (Fsp3) is 0.391. The zero-order valence-corrected chi connectivity index (χ0v) is 19.5. The van der Waals surface area contributed by atoms with Crippen LogP contribution in [-0.4, -0.2) is 40.7 Å². The Morgan fingerprint density at radius 2 is 1.77 bits per heavy atom. The van der Waals surface area contributed by atoms with E-state index in [0.717, 1.165) is 4.47 Å². The van der Waals surface area contributed by atoms with Crippen molar-refractivity contribution in [1.29, 1.82) is 0 Å². The van der Waals surface area contributed by atoms with E-state index in [4.69, 9.17) is 0 Å². The normalized spacial score (nSPS) is 14.8. The Labute approximate surface area is 190 Å². The van der Waals surface area contributed by atoms with Gasteiger partial charge in [0.25, 0.3) is 5.91 Å². The van der Waals surface area contributed by atoms with Gasteiger partial charge in [0.2, 0.25) is 11.8 Å². The Hall–Kier alpha value is -2.74. The van der Waals surface area contributed by atoms with E-state index in [-0.39, 0.29) is 23.6 Å². The Balaban J connectivity index is 1.57. The fourth-order valence-corrected chi connectivity index (χ4v) is 3.67. The Kier molecular flexibility index (Phi) is 7.10. The lowest BCUT2D eigenvalue weighted by Crippen LogP contribution is -2.45. The van der Waals surface area contributed by atoms with Crippen molar-refractivity contribution in [2.75, 3.05) is 23.7 Å². The summed E-state index contributed by atoms with van der Waals surface area (Å²) in [5.74, 6) is 0.00733. The summed E-state index contributed by atoms with van der Waals surface area (Å²) in [6.45, 7) is 6.88. The molecule has 3 amide bonds. The van der Waals surface area contributed by atoms with Gasteiger partial charge in [-0.2, -0.15) is 0 Å². The summed E-state index contributed by atoms with van der Waals surface area (Å²) < 4.78 is 0.823. The van der Waals surface area contributed by atoms with E-state index in [0.29, 0.717) is 43.0 Å². The van der Waals surface area contributed by atoms with Gasteiger partial charge < -0.3 is 15.5 Å². The van der Waals surface area contributed by atoms with Crippen LogP contribution in [0.1, 0.15) is 44.0 Å². The molecule has 0 bridgehead atoms. The summed E-state index contributed by atoms with van der Waals surface area (Å²) >= 11 is 3.31. The lowest BCUT2D eigenvalue weighted by Gasteiger charge is -2.35. The average molecular weight is 487 g/mol. The van der Waals surface area contributed by atoms with E-state index >= 15 is 0 Å². The van der Waals surface area contributed by atoms with Gasteiger partial charge in [0.1, 0.15) is 5.82 Å². The van der Waals surface area contributed by atoms with Crippen molar-refractivity contribution in [3.63, 3.8) is 0 Å². The average Bonchev–Trinajstić information content (AvgIpc) is 2.74. The minimum atomic E-state index is -0.415. The van der Waals surface area contributed by atoms with Crippen molar-refractivity contribution in [2.24, 2.45) is 11.3 Å². The highest BCUT2D eigenvalue weighted by Crippen LogP contribution is 2.25. The number of rotatable bonds is 4. The number of nitrogens with one attached hydrogen (secondary N) is 2. The number of piperidine rings is 1. The van der Waals surface area contributed by atoms with E-state index in [2.05, 4.69) is 31.5 Å². The maximum Gasteiger partial charge on any atom is 0.256 e. The molecule has 1 aliphatic heterocycles. The number of anilines is 2. The predicted octanol–water partition coefficient (Wildman–Crippen LogP) is 4.32. The largest absolute Gasteiger partial charge is 0.342 e. The molecule has 0 spiro atoms. The maximum absolute atomic E-state index is 12.7. The lowest BCUT2D eigenvalue weighted by molar-refractivity contribution is -0.142. The molecule has 7 nitrogen and oxygen atoms in total. The molecule has 1 aromatic carbocycles. The van der Waals surface area contributed by atoms with Crippen LogP contribution in [-0.2, 0) is 9.59 Å². The molecule has 1 aliphatic rings. The van der Waals surface area contributed by atoms with Crippen molar-refractivity contribution in [2.45, 2.75) is 33.6 Å². The number of benzene rings is 1. The van der Waals surface area contributed by atoms with Crippen LogP contribution >= 0.6 is 15.9 Å².